The third-order valence-electron chi connectivity index (χ3n) is 5.54. The number of nitrogens with zero attached hydrogens (tertiary/aromatic N) is 1. The van der Waals surface area contributed by atoms with Crippen LogP contribution in [0.25, 0.3) is 0 Å². The Morgan fingerprint density at radius 3 is 2.70 bits per heavy atom. The summed E-state index contributed by atoms with van der Waals surface area (Å²) in [6.45, 7) is 6.66. The Hall–Kier alpha value is -1.21. The molecular weight excluding hydrogens is 378 g/mol. The lowest BCUT2D eigenvalue weighted by molar-refractivity contribution is 0.0790. The van der Waals surface area contributed by atoms with Crippen LogP contribution in [0.5, 0.6) is 0 Å². The smallest absolute Gasteiger partial charge is 0.297 e. The summed E-state index contributed by atoms with van der Waals surface area (Å²) in [4.78, 5) is 2.65. The van der Waals surface area contributed by atoms with Gasteiger partial charge in [0.15, 0.2) is 0 Å². The SMILES string of the molecule is CCC(C)CN1CCC(c2ccsc2)CC1COS(=O)(=O)c1ccccc1. The van der Waals surface area contributed by atoms with Gasteiger partial charge in [-0.25, -0.2) is 0 Å². The standard InChI is InChI=1S/C21H29NO3S2/c1-3-17(2)14-22-11-9-18(19-10-12-26-16-19)13-20(22)15-25-27(23,24)21-7-5-4-6-8-21/h4-8,10,12,16-18,20H,3,9,11,13-15H2,1-2H3. The number of hydrogen-bond donors (Lipinski definition) is 0. The summed E-state index contributed by atoms with van der Waals surface area (Å²) in [5.41, 5.74) is 1.37. The molecule has 0 spiro atoms. The van der Waals surface area contributed by atoms with E-state index in [0.29, 0.717) is 11.8 Å². The fourth-order valence-electron chi connectivity index (χ4n) is 3.68. The number of likely N-dealkylation sites (tertiary alicyclic amines) is 1. The van der Waals surface area contributed by atoms with E-state index in [-0.39, 0.29) is 17.5 Å². The van der Waals surface area contributed by atoms with Crippen molar-refractivity contribution in [2.24, 2.45) is 5.92 Å². The Labute approximate surface area is 167 Å². The minimum Gasteiger partial charge on any atom is -0.298 e. The fraction of sp³-hybridized carbons (Fsp3) is 0.524. The summed E-state index contributed by atoms with van der Waals surface area (Å²) in [6, 6.07) is 10.7. The molecule has 1 saturated heterocycles. The molecule has 1 aromatic heterocycles. The topological polar surface area (TPSA) is 46.6 Å². The molecule has 6 heteroatoms. The van der Waals surface area contributed by atoms with E-state index in [1.807, 2.05) is 0 Å². The van der Waals surface area contributed by atoms with Gasteiger partial charge in [-0.3, -0.25) is 9.08 Å². The van der Waals surface area contributed by atoms with Gasteiger partial charge < -0.3 is 0 Å². The highest BCUT2D eigenvalue weighted by Crippen LogP contribution is 2.33. The molecule has 0 amide bonds. The van der Waals surface area contributed by atoms with Crippen LogP contribution in [0.3, 0.4) is 0 Å². The van der Waals surface area contributed by atoms with Gasteiger partial charge in [0.25, 0.3) is 10.1 Å². The number of thiophene rings is 1. The van der Waals surface area contributed by atoms with Crippen molar-refractivity contribution >= 4 is 21.5 Å². The van der Waals surface area contributed by atoms with Crippen molar-refractivity contribution in [2.45, 2.75) is 50.0 Å². The molecule has 3 atom stereocenters. The van der Waals surface area contributed by atoms with Crippen LogP contribution in [0.1, 0.15) is 44.6 Å². The Balaban J connectivity index is 1.70. The van der Waals surface area contributed by atoms with Crippen LogP contribution in [0, 0.1) is 5.92 Å². The first-order valence-electron chi connectivity index (χ1n) is 9.70. The molecule has 0 saturated carbocycles. The van der Waals surface area contributed by atoms with Crippen LogP contribution >= 0.6 is 11.3 Å². The van der Waals surface area contributed by atoms with Gasteiger partial charge in [0.1, 0.15) is 0 Å². The van der Waals surface area contributed by atoms with E-state index >= 15 is 0 Å². The molecule has 4 nitrogen and oxygen atoms in total. The van der Waals surface area contributed by atoms with Crippen molar-refractivity contribution in [3.05, 3.63) is 52.7 Å². The van der Waals surface area contributed by atoms with Crippen molar-refractivity contribution in [3.63, 3.8) is 0 Å². The van der Waals surface area contributed by atoms with E-state index in [1.165, 1.54) is 5.56 Å². The largest absolute Gasteiger partial charge is 0.298 e. The molecule has 3 unspecified atom stereocenters. The molecule has 1 aliphatic heterocycles. The third kappa shape index (κ3) is 5.41. The van der Waals surface area contributed by atoms with Gasteiger partial charge in [-0.2, -0.15) is 19.8 Å². The van der Waals surface area contributed by atoms with Gasteiger partial charge in [0.05, 0.1) is 11.5 Å². The van der Waals surface area contributed by atoms with Crippen LogP contribution < -0.4 is 0 Å². The molecule has 1 fully saturated rings. The van der Waals surface area contributed by atoms with Crippen LogP contribution in [-0.2, 0) is 14.3 Å². The van der Waals surface area contributed by atoms with Crippen molar-refractivity contribution in [1.29, 1.82) is 0 Å². The molecule has 1 aliphatic rings. The van der Waals surface area contributed by atoms with Crippen molar-refractivity contribution < 1.29 is 12.6 Å². The van der Waals surface area contributed by atoms with Gasteiger partial charge >= 0.3 is 0 Å². The van der Waals surface area contributed by atoms with E-state index in [2.05, 4.69) is 35.6 Å². The second-order valence-corrected chi connectivity index (χ2v) is 9.89. The maximum absolute atomic E-state index is 12.5. The molecule has 27 heavy (non-hydrogen) atoms. The van der Waals surface area contributed by atoms with Crippen LogP contribution in [0.4, 0.5) is 0 Å². The quantitative estimate of drug-likeness (QED) is 0.593. The van der Waals surface area contributed by atoms with Crippen LogP contribution in [0.15, 0.2) is 52.1 Å². The summed E-state index contributed by atoms with van der Waals surface area (Å²) in [7, 11) is -3.71. The molecular formula is C21H29NO3S2. The molecule has 0 N–H and O–H groups in total. The fourth-order valence-corrected chi connectivity index (χ4v) is 5.38. The maximum atomic E-state index is 12.5. The number of hydrogen-bond acceptors (Lipinski definition) is 5. The summed E-state index contributed by atoms with van der Waals surface area (Å²) in [6.07, 6.45) is 3.19. The highest BCUT2D eigenvalue weighted by atomic mass is 32.2. The molecule has 0 radical (unpaired) electrons. The van der Waals surface area contributed by atoms with Crippen LogP contribution in [-0.4, -0.2) is 39.1 Å². The summed E-state index contributed by atoms with van der Waals surface area (Å²) >= 11 is 1.72. The zero-order chi connectivity index (χ0) is 19.3. The number of piperidine rings is 1. The van der Waals surface area contributed by atoms with Gasteiger partial charge in [-0.1, -0.05) is 38.5 Å². The number of benzene rings is 1. The number of rotatable bonds is 8. The van der Waals surface area contributed by atoms with E-state index < -0.39 is 10.1 Å². The molecule has 148 valence electrons. The highest BCUT2D eigenvalue weighted by Gasteiger charge is 2.31. The average molecular weight is 408 g/mol. The molecule has 3 rings (SSSR count). The van der Waals surface area contributed by atoms with Crippen molar-refractivity contribution in [2.75, 3.05) is 19.7 Å². The van der Waals surface area contributed by atoms with Gasteiger partial charge in [-0.15, -0.1) is 0 Å². The summed E-state index contributed by atoms with van der Waals surface area (Å²) < 4.78 is 30.6. The summed E-state index contributed by atoms with van der Waals surface area (Å²) in [5.74, 6) is 1.08. The predicted molar refractivity (Wildman–Crippen MR) is 111 cm³/mol. The Morgan fingerprint density at radius 1 is 1.26 bits per heavy atom. The van der Waals surface area contributed by atoms with Gasteiger partial charge in [-0.05, 0) is 65.7 Å². The lowest BCUT2D eigenvalue weighted by Crippen LogP contribution is -2.46. The van der Waals surface area contributed by atoms with E-state index in [1.54, 1.807) is 41.7 Å². The Kier molecular flexibility index (Phi) is 7.09. The van der Waals surface area contributed by atoms with E-state index in [9.17, 15) is 8.42 Å². The Bertz CT molecular complexity index is 790. The third-order valence-corrected chi connectivity index (χ3v) is 7.54. The van der Waals surface area contributed by atoms with Crippen molar-refractivity contribution in [3.8, 4) is 0 Å². The second kappa shape index (κ2) is 9.32. The van der Waals surface area contributed by atoms with Crippen LogP contribution in [0.2, 0.25) is 0 Å². The average Bonchev–Trinajstić information content (AvgIpc) is 3.22. The minimum atomic E-state index is -3.71. The monoisotopic (exact) mass is 407 g/mol. The lowest BCUT2D eigenvalue weighted by atomic mass is 9.86. The first-order valence-corrected chi connectivity index (χ1v) is 12.0. The first kappa shape index (κ1) is 20.5. The highest BCUT2D eigenvalue weighted by molar-refractivity contribution is 7.86. The lowest BCUT2D eigenvalue weighted by Gasteiger charge is -2.40. The zero-order valence-corrected chi connectivity index (χ0v) is 17.7. The minimum absolute atomic E-state index is 0.121. The second-order valence-electron chi connectivity index (χ2n) is 7.49. The zero-order valence-electron chi connectivity index (χ0n) is 16.1. The molecule has 1 aromatic carbocycles. The molecule has 0 bridgehead atoms. The van der Waals surface area contributed by atoms with Gasteiger partial charge in [0.2, 0.25) is 0 Å². The van der Waals surface area contributed by atoms with E-state index in [4.69, 9.17) is 4.18 Å². The normalized spacial score (nSPS) is 22.6. The summed E-state index contributed by atoms with van der Waals surface area (Å²) in [5, 5.41) is 4.33. The van der Waals surface area contributed by atoms with Crippen molar-refractivity contribution in [1.82, 2.24) is 4.90 Å². The van der Waals surface area contributed by atoms with E-state index in [0.717, 1.165) is 32.4 Å². The van der Waals surface area contributed by atoms with Gasteiger partial charge in [0, 0.05) is 12.6 Å². The molecule has 2 heterocycles. The molecule has 2 aromatic rings. The predicted octanol–water partition coefficient (Wildman–Crippen LogP) is 4.75. The first-order chi connectivity index (χ1) is 13.0. The Morgan fingerprint density at radius 2 is 2.04 bits per heavy atom. The maximum Gasteiger partial charge on any atom is 0.297 e. The molecule has 0 aliphatic carbocycles.